The summed E-state index contributed by atoms with van der Waals surface area (Å²) in [6, 6.07) is 4.03. The van der Waals surface area contributed by atoms with E-state index in [0.29, 0.717) is 10.8 Å². The fraction of sp³-hybridized carbons (Fsp3) is 0.429. The quantitative estimate of drug-likeness (QED) is 0.931. The lowest BCUT2D eigenvalue weighted by Crippen LogP contribution is -2.27. The first kappa shape index (κ1) is 12.8. The first-order valence-corrected chi connectivity index (χ1v) is 8.30. The number of amides is 1. The molecule has 5 heteroatoms. The monoisotopic (exact) mass is 292 g/mol. The standard InChI is InChI=1S/C14H16N2OS2/c17-13(15-8-10-4-1-2-5-10)12-9-16-14(19-12)11-6-3-7-18-11/h3,6-7,9-10H,1-2,4-5,8H2,(H,15,17). The lowest BCUT2D eigenvalue weighted by molar-refractivity contribution is 0.0951. The molecule has 0 radical (unpaired) electrons. The summed E-state index contributed by atoms with van der Waals surface area (Å²) < 4.78 is 0. The van der Waals surface area contributed by atoms with Crippen LogP contribution in [0.3, 0.4) is 0 Å². The fourth-order valence-electron chi connectivity index (χ4n) is 2.43. The maximum atomic E-state index is 12.0. The Labute approximate surface area is 120 Å². The van der Waals surface area contributed by atoms with Gasteiger partial charge in [-0.3, -0.25) is 4.79 Å². The predicted octanol–water partition coefficient (Wildman–Crippen LogP) is 3.79. The molecule has 0 atom stereocenters. The summed E-state index contributed by atoms with van der Waals surface area (Å²) in [5, 5.41) is 5.99. The molecule has 0 spiro atoms. The highest BCUT2D eigenvalue weighted by Gasteiger charge is 2.17. The molecular formula is C14H16N2OS2. The molecule has 3 nitrogen and oxygen atoms in total. The van der Waals surface area contributed by atoms with Crippen LogP contribution in [0, 0.1) is 5.92 Å². The van der Waals surface area contributed by atoms with Crippen molar-refractivity contribution in [3.05, 3.63) is 28.6 Å². The molecule has 1 saturated carbocycles. The zero-order valence-electron chi connectivity index (χ0n) is 10.6. The Hall–Kier alpha value is -1.20. The summed E-state index contributed by atoms with van der Waals surface area (Å²) >= 11 is 3.12. The van der Waals surface area contributed by atoms with Gasteiger partial charge in [-0.05, 0) is 30.2 Å². The highest BCUT2D eigenvalue weighted by Crippen LogP contribution is 2.29. The Morgan fingerprint density at radius 2 is 2.26 bits per heavy atom. The van der Waals surface area contributed by atoms with E-state index in [9.17, 15) is 4.79 Å². The van der Waals surface area contributed by atoms with E-state index in [4.69, 9.17) is 0 Å². The summed E-state index contributed by atoms with van der Waals surface area (Å²) in [5.74, 6) is 0.695. The number of nitrogens with zero attached hydrogens (tertiary/aromatic N) is 1. The average Bonchev–Trinajstić information content (AvgIpc) is 3.14. The molecule has 1 fully saturated rings. The molecule has 0 unspecified atom stereocenters. The second kappa shape index (κ2) is 5.84. The number of hydrogen-bond acceptors (Lipinski definition) is 4. The highest BCUT2D eigenvalue weighted by molar-refractivity contribution is 7.21. The van der Waals surface area contributed by atoms with Crippen LogP contribution in [0.2, 0.25) is 0 Å². The van der Waals surface area contributed by atoms with Gasteiger partial charge in [0, 0.05) is 6.54 Å². The molecule has 19 heavy (non-hydrogen) atoms. The van der Waals surface area contributed by atoms with Crippen LogP contribution in [0.15, 0.2) is 23.7 Å². The Kier molecular flexibility index (Phi) is 3.94. The van der Waals surface area contributed by atoms with Crippen molar-refractivity contribution in [2.75, 3.05) is 6.54 Å². The van der Waals surface area contributed by atoms with Crippen LogP contribution in [-0.2, 0) is 0 Å². The Bertz CT molecular complexity index is 542. The van der Waals surface area contributed by atoms with E-state index in [1.54, 1.807) is 17.5 Å². The number of carbonyl (C=O) groups is 1. The molecule has 2 heterocycles. The van der Waals surface area contributed by atoms with Crippen LogP contribution in [-0.4, -0.2) is 17.4 Å². The largest absolute Gasteiger partial charge is 0.351 e. The van der Waals surface area contributed by atoms with Gasteiger partial charge in [0.25, 0.3) is 5.91 Å². The lowest BCUT2D eigenvalue weighted by atomic mass is 10.1. The first-order valence-electron chi connectivity index (χ1n) is 6.61. The number of carbonyl (C=O) groups excluding carboxylic acids is 1. The minimum absolute atomic E-state index is 0.0206. The van der Waals surface area contributed by atoms with Crippen molar-refractivity contribution in [3.63, 3.8) is 0 Å². The molecule has 0 saturated heterocycles. The van der Waals surface area contributed by atoms with Gasteiger partial charge in [-0.2, -0.15) is 0 Å². The normalized spacial score (nSPS) is 15.8. The first-order chi connectivity index (χ1) is 9.33. The molecule has 100 valence electrons. The Morgan fingerprint density at radius 1 is 1.42 bits per heavy atom. The van der Waals surface area contributed by atoms with Crippen molar-refractivity contribution in [1.82, 2.24) is 10.3 Å². The number of thiazole rings is 1. The molecule has 1 amide bonds. The Morgan fingerprint density at radius 3 is 3.00 bits per heavy atom. The van der Waals surface area contributed by atoms with Gasteiger partial charge < -0.3 is 5.32 Å². The molecule has 2 aromatic heterocycles. The lowest BCUT2D eigenvalue weighted by Gasteiger charge is -2.09. The zero-order valence-corrected chi connectivity index (χ0v) is 12.2. The van der Waals surface area contributed by atoms with Crippen molar-refractivity contribution in [2.24, 2.45) is 5.92 Å². The SMILES string of the molecule is O=C(NCC1CCCC1)c1cnc(-c2cccs2)s1. The number of aromatic nitrogens is 1. The summed E-state index contributed by atoms with van der Waals surface area (Å²) in [5.41, 5.74) is 0. The van der Waals surface area contributed by atoms with Crippen LogP contribution < -0.4 is 5.32 Å². The molecule has 0 aliphatic heterocycles. The van der Waals surface area contributed by atoms with E-state index in [1.165, 1.54) is 37.0 Å². The highest BCUT2D eigenvalue weighted by atomic mass is 32.1. The smallest absolute Gasteiger partial charge is 0.263 e. The third kappa shape index (κ3) is 3.04. The molecule has 1 N–H and O–H groups in total. The van der Waals surface area contributed by atoms with E-state index in [0.717, 1.165) is 16.4 Å². The third-order valence-electron chi connectivity index (χ3n) is 3.49. The van der Waals surface area contributed by atoms with Crippen molar-refractivity contribution in [2.45, 2.75) is 25.7 Å². The number of rotatable bonds is 4. The van der Waals surface area contributed by atoms with Gasteiger partial charge in [0.05, 0.1) is 11.1 Å². The number of hydrogen-bond donors (Lipinski definition) is 1. The van der Waals surface area contributed by atoms with Gasteiger partial charge in [-0.1, -0.05) is 18.9 Å². The van der Waals surface area contributed by atoms with Crippen LogP contribution in [0.4, 0.5) is 0 Å². The summed E-state index contributed by atoms with van der Waals surface area (Å²) in [6.07, 6.45) is 6.81. The second-order valence-electron chi connectivity index (χ2n) is 4.87. The summed E-state index contributed by atoms with van der Waals surface area (Å²) in [6.45, 7) is 0.811. The van der Waals surface area contributed by atoms with E-state index in [-0.39, 0.29) is 5.91 Å². The van der Waals surface area contributed by atoms with Crippen LogP contribution in [0.1, 0.15) is 35.4 Å². The molecule has 1 aliphatic carbocycles. The predicted molar refractivity (Wildman–Crippen MR) is 79.7 cm³/mol. The molecule has 2 aromatic rings. The van der Waals surface area contributed by atoms with Gasteiger partial charge in [-0.25, -0.2) is 4.98 Å². The molecule has 0 aromatic carbocycles. The maximum Gasteiger partial charge on any atom is 0.263 e. The number of nitrogens with one attached hydrogen (secondary N) is 1. The minimum atomic E-state index is 0.0206. The Balaban J connectivity index is 1.60. The van der Waals surface area contributed by atoms with E-state index in [2.05, 4.69) is 10.3 Å². The number of thiophene rings is 1. The minimum Gasteiger partial charge on any atom is -0.351 e. The van der Waals surface area contributed by atoms with E-state index in [1.807, 2.05) is 17.5 Å². The fourth-order valence-corrected chi connectivity index (χ4v) is 4.07. The van der Waals surface area contributed by atoms with E-state index >= 15 is 0 Å². The topological polar surface area (TPSA) is 42.0 Å². The third-order valence-corrected chi connectivity index (χ3v) is 5.52. The van der Waals surface area contributed by atoms with Gasteiger partial charge in [0.15, 0.2) is 0 Å². The van der Waals surface area contributed by atoms with E-state index < -0.39 is 0 Å². The maximum absolute atomic E-state index is 12.0. The molecule has 1 aliphatic rings. The molecule has 0 bridgehead atoms. The van der Waals surface area contributed by atoms with Gasteiger partial charge in [0.1, 0.15) is 9.88 Å². The molecular weight excluding hydrogens is 276 g/mol. The van der Waals surface area contributed by atoms with Crippen molar-refractivity contribution in [1.29, 1.82) is 0 Å². The average molecular weight is 292 g/mol. The van der Waals surface area contributed by atoms with Crippen molar-refractivity contribution < 1.29 is 4.79 Å². The van der Waals surface area contributed by atoms with Crippen molar-refractivity contribution >= 4 is 28.6 Å². The van der Waals surface area contributed by atoms with Crippen LogP contribution in [0.25, 0.3) is 9.88 Å². The van der Waals surface area contributed by atoms with Gasteiger partial charge in [0.2, 0.25) is 0 Å². The van der Waals surface area contributed by atoms with Crippen LogP contribution in [0.5, 0.6) is 0 Å². The van der Waals surface area contributed by atoms with Gasteiger partial charge in [-0.15, -0.1) is 22.7 Å². The van der Waals surface area contributed by atoms with Gasteiger partial charge >= 0.3 is 0 Å². The summed E-state index contributed by atoms with van der Waals surface area (Å²) in [4.78, 5) is 18.2. The second-order valence-corrected chi connectivity index (χ2v) is 6.85. The summed E-state index contributed by atoms with van der Waals surface area (Å²) in [7, 11) is 0. The van der Waals surface area contributed by atoms with Crippen molar-refractivity contribution in [3.8, 4) is 9.88 Å². The zero-order chi connectivity index (χ0) is 13.1. The van der Waals surface area contributed by atoms with Crippen LogP contribution >= 0.6 is 22.7 Å². The molecule has 3 rings (SSSR count).